The molecule has 0 fully saturated rings. The number of hydrogen-bond donors (Lipinski definition) is 2. The highest BCUT2D eigenvalue weighted by Crippen LogP contribution is 2.23. The predicted molar refractivity (Wildman–Crippen MR) is 81.4 cm³/mol. The number of halogens is 1. The van der Waals surface area contributed by atoms with Crippen LogP contribution in [-0.2, 0) is 6.42 Å². The number of rotatable bonds is 5. The summed E-state index contributed by atoms with van der Waals surface area (Å²) in [6.45, 7) is 0.522. The minimum atomic E-state index is -0.00846. The van der Waals surface area contributed by atoms with Crippen molar-refractivity contribution in [1.82, 2.24) is 0 Å². The summed E-state index contributed by atoms with van der Waals surface area (Å²) in [5.74, 6) is 0.124. The third-order valence-corrected chi connectivity index (χ3v) is 3.60. The summed E-state index contributed by atoms with van der Waals surface area (Å²) in [6, 6.07) is 18.0. The first-order chi connectivity index (χ1) is 9.20. The molecule has 0 saturated carbocycles. The van der Waals surface area contributed by atoms with Gasteiger partial charge in [-0.05, 0) is 29.7 Å². The SMILES string of the molecule is NCC(c1cccc(Cl)c1)C(N)Cc1ccccc1. The van der Waals surface area contributed by atoms with Crippen molar-refractivity contribution in [1.29, 1.82) is 0 Å². The van der Waals surface area contributed by atoms with Gasteiger partial charge in [0, 0.05) is 23.5 Å². The van der Waals surface area contributed by atoms with E-state index >= 15 is 0 Å². The molecule has 2 nitrogen and oxygen atoms in total. The maximum Gasteiger partial charge on any atom is 0.0408 e. The molecule has 4 N–H and O–H groups in total. The molecule has 0 aliphatic rings. The topological polar surface area (TPSA) is 52.0 Å². The molecule has 2 aromatic carbocycles. The highest BCUT2D eigenvalue weighted by molar-refractivity contribution is 6.30. The molecule has 0 aliphatic carbocycles. The van der Waals surface area contributed by atoms with Gasteiger partial charge in [-0.15, -0.1) is 0 Å². The Labute approximate surface area is 119 Å². The molecule has 100 valence electrons. The van der Waals surface area contributed by atoms with Gasteiger partial charge in [0.2, 0.25) is 0 Å². The quantitative estimate of drug-likeness (QED) is 0.881. The average Bonchev–Trinajstić information content (AvgIpc) is 2.41. The third kappa shape index (κ3) is 3.80. The second-order valence-electron chi connectivity index (χ2n) is 4.75. The Bertz CT molecular complexity index is 513. The van der Waals surface area contributed by atoms with Crippen LogP contribution in [0, 0.1) is 0 Å². The van der Waals surface area contributed by atoms with Gasteiger partial charge >= 0.3 is 0 Å². The lowest BCUT2D eigenvalue weighted by molar-refractivity contribution is 0.535. The zero-order valence-corrected chi connectivity index (χ0v) is 11.6. The Balaban J connectivity index is 2.13. The molecular weight excluding hydrogens is 256 g/mol. The Hall–Kier alpha value is -1.35. The van der Waals surface area contributed by atoms with Crippen LogP contribution in [-0.4, -0.2) is 12.6 Å². The van der Waals surface area contributed by atoms with Crippen LogP contribution in [0.5, 0.6) is 0 Å². The third-order valence-electron chi connectivity index (χ3n) is 3.36. The summed E-state index contributed by atoms with van der Waals surface area (Å²) in [5, 5.41) is 0.725. The van der Waals surface area contributed by atoms with Crippen LogP contribution in [0.3, 0.4) is 0 Å². The van der Waals surface area contributed by atoms with Gasteiger partial charge < -0.3 is 11.5 Å². The summed E-state index contributed by atoms with van der Waals surface area (Å²) >= 11 is 6.03. The van der Waals surface area contributed by atoms with Crippen LogP contribution in [0.25, 0.3) is 0 Å². The second-order valence-corrected chi connectivity index (χ2v) is 5.19. The van der Waals surface area contributed by atoms with Crippen LogP contribution in [0.1, 0.15) is 17.0 Å². The molecule has 0 saturated heterocycles. The average molecular weight is 275 g/mol. The number of benzene rings is 2. The summed E-state index contributed by atoms with van der Waals surface area (Å²) in [7, 11) is 0. The Kier molecular flexibility index (Phi) is 4.97. The first kappa shape index (κ1) is 14.1. The van der Waals surface area contributed by atoms with Crippen LogP contribution < -0.4 is 11.5 Å². The molecule has 3 heteroatoms. The molecule has 0 bridgehead atoms. The van der Waals surface area contributed by atoms with Gasteiger partial charge in [-0.2, -0.15) is 0 Å². The molecule has 2 unspecified atom stereocenters. The van der Waals surface area contributed by atoms with E-state index in [-0.39, 0.29) is 12.0 Å². The van der Waals surface area contributed by atoms with Crippen molar-refractivity contribution < 1.29 is 0 Å². The first-order valence-corrected chi connectivity index (χ1v) is 6.83. The highest BCUT2D eigenvalue weighted by atomic mass is 35.5. The molecule has 2 aromatic rings. The van der Waals surface area contributed by atoms with Crippen molar-refractivity contribution in [2.45, 2.75) is 18.4 Å². The van der Waals surface area contributed by atoms with Crippen LogP contribution >= 0.6 is 11.6 Å². The van der Waals surface area contributed by atoms with E-state index in [1.165, 1.54) is 5.56 Å². The lowest BCUT2D eigenvalue weighted by Crippen LogP contribution is -2.35. The van der Waals surface area contributed by atoms with E-state index in [0.717, 1.165) is 17.0 Å². The second kappa shape index (κ2) is 6.71. The fraction of sp³-hybridized carbons (Fsp3) is 0.250. The lowest BCUT2D eigenvalue weighted by Gasteiger charge is -2.23. The van der Waals surface area contributed by atoms with Crippen molar-refractivity contribution in [3.8, 4) is 0 Å². The molecule has 2 rings (SSSR count). The maximum absolute atomic E-state index is 6.32. The summed E-state index contributed by atoms with van der Waals surface area (Å²) in [6.07, 6.45) is 0.815. The van der Waals surface area contributed by atoms with E-state index in [1.807, 2.05) is 42.5 Å². The highest BCUT2D eigenvalue weighted by Gasteiger charge is 2.18. The van der Waals surface area contributed by atoms with Gasteiger partial charge in [-0.1, -0.05) is 54.1 Å². The van der Waals surface area contributed by atoms with Crippen molar-refractivity contribution in [3.63, 3.8) is 0 Å². The van der Waals surface area contributed by atoms with Crippen LogP contribution in [0.4, 0.5) is 0 Å². The lowest BCUT2D eigenvalue weighted by atomic mass is 9.88. The normalized spacial score (nSPS) is 14.1. The molecule has 0 radical (unpaired) electrons. The zero-order valence-electron chi connectivity index (χ0n) is 10.8. The van der Waals surface area contributed by atoms with E-state index in [9.17, 15) is 0 Å². The van der Waals surface area contributed by atoms with Crippen molar-refractivity contribution in [3.05, 3.63) is 70.7 Å². The molecular formula is C16H19ClN2. The summed E-state index contributed by atoms with van der Waals surface area (Å²) < 4.78 is 0. The van der Waals surface area contributed by atoms with E-state index in [2.05, 4.69) is 12.1 Å². The Morgan fingerprint density at radius 2 is 1.74 bits per heavy atom. The minimum Gasteiger partial charge on any atom is -0.330 e. The maximum atomic E-state index is 6.32. The van der Waals surface area contributed by atoms with E-state index in [0.29, 0.717) is 6.54 Å². The largest absolute Gasteiger partial charge is 0.330 e. The molecule has 19 heavy (non-hydrogen) atoms. The van der Waals surface area contributed by atoms with Gasteiger partial charge in [-0.25, -0.2) is 0 Å². The molecule has 0 amide bonds. The Morgan fingerprint density at radius 3 is 2.37 bits per heavy atom. The van der Waals surface area contributed by atoms with E-state index in [1.54, 1.807) is 0 Å². The number of nitrogens with two attached hydrogens (primary N) is 2. The standard InChI is InChI=1S/C16H19ClN2/c17-14-8-4-7-13(10-14)15(11-18)16(19)9-12-5-2-1-3-6-12/h1-8,10,15-16H,9,11,18-19H2. The summed E-state index contributed by atoms with van der Waals surface area (Å²) in [4.78, 5) is 0. The van der Waals surface area contributed by atoms with Gasteiger partial charge in [0.15, 0.2) is 0 Å². The monoisotopic (exact) mass is 274 g/mol. The van der Waals surface area contributed by atoms with Gasteiger partial charge in [0.05, 0.1) is 0 Å². The van der Waals surface area contributed by atoms with Gasteiger partial charge in [0.25, 0.3) is 0 Å². The Morgan fingerprint density at radius 1 is 1.00 bits per heavy atom. The molecule has 0 aromatic heterocycles. The molecule has 0 heterocycles. The van der Waals surface area contributed by atoms with E-state index < -0.39 is 0 Å². The van der Waals surface area contributed by atoms with Gasteiger partial charge in [-0.3, -0.25) is 0 Å². The van der Waals surface area contributed by atoms with Crippen LogP contribution in [0.15, 0.2) is 54.6 Å². The minimum absolute atomic E-state index is 0.00846. The number of hydrogen-bond acceptors (Lipinski definition) is 2. The van der Waals surface area contributed by atoms with Crippen molar-refractivity contribution in [2.75, 3.05) is 6.54 Å². The van der Waals surface area contributed by atoms with Crippen molar-refractivity contribution >= 4 is 11.6 Å². The smallest absolute Gasteiger partial charge is 0.0408 e. The van der Waals surface area contributed by atoms with Crippen LogP contribution in [0.2, 0.25) is 5.02 Å². The summed E-state index contributed by atoms with van der Waals surface area (Å²) in [5.41, 5.74) is 14.5. The molecule has 0 aliphatic heterocycles. The van der Waals surface area contributed by atoms with Gasteiger partial charge in [0.1, 0.15) is 0 Å². The predicted octanol–water partition coefficient (Wildman–Crippen LogP) is 2.95. The zero-order chi connectivity index (χ0) is 13.7. The fourth-order valence-corrected chi connectivity index (χ4v) is 2.52. The van der Waals surface area contributed by atoms with E-state index in [4.69, 9.17) is 23.1 Å². The fourth-order valence-electron chi connectivity index (χ4n) is 2.32. The molecule has 2 atom stereocenters. The first-order valence-electron chi connectivity index (χ1n) is 6.45. The molecule has 0 spiro atoms. The van der Waals surface area contributed by atoms with Crippen molar-refractivity contribution in [2.24, 2.45) is 11.5 Å².